The van der Waals surface area contributed by atoms with Gasteiger partial charge in [0.1, 0.15) is 18.1 Å². The van der Waals surface area contributed by atoms with Gasteiger partial charge in [-0.05, 0) is 25.2 Å². The average molecular weight is 425 g/mol. The van der Waals surface area contributed by atoms with Gasteiger partial charge in [-0.1, -0.05) is 13.8 Å². The van der Waals surface area contributed by atoms with Crippen LogP contribution in [0.1, 0.15) is 46.0 Å². The Hall–Kier alpha value is -2.77. The number of carbonyl (C=O) groups is 5. The largest absolute Gasteiger partial charge is 0.481 e. The summed E-state index contributed by atoms with van der Waals surface area (Å²) in [6, 6.07) is -2.81. The third-order valence-corrected chi connectivity index (χ3v) is 3.02. The minimum absolute atomic E-state index is 0.0231. The molecule has 0 aliphatic heterocycles. The monoisotopic (exact) mass is 425 g/mol. The maximum atomic E-state index is 10.1. The molecule has 0 aromatic carbocycles. The first-order valence-electron chi connectivity index (χ1n) is 8.50. The van der Waals surface area contributed by atoms with Crippen molar-refractivity contribution in [2.45, 2.75) is 64.1 Å². The predicted octanol–water partition coefficient (Wildman–Crippen LogP) is -1.03. The lowest BCUT2D eigenvalue weighted by Gasteiger charge is -2.07. The van der Waals surface area contributed by atoms with Gasteiger partial charge in [0.2, 0.25) is 0 Å². The highest BCUT2D eigenvalue weighted by Crippen LogP contribution is 2.01. The predicted molar refractivity (Wildman–Crippen MR) is 100 cm³/mol. The van der Waals surface area contributed by atoms with Gasteiger partial charge >= 0.3 is 29.8 Å². The molecule has 13 heteroatoms. The van der Waals surface area contributed by atoms with Crippen LogP contribution in [-0.4, -0.2) is 73.5 Å². The molecule has 13 nitrogen and oxygen atoms in total. The second-order valence-corrected chi connectivity index (χ2v) is 6.33. The molecule has 3 unspecified atom stereocenters. The fraction of sp³-hybridized carbons (Fsp3) is 0.688. The van der Waals surface area contributed by atoms with Crippen molar-refractivity contribution < 1.29 is 49.5 Å². The first kappa shape index (κ1) is 30.9. The second-order valence-electron chi connectivity index (χ2n) is 6.33. The zero-order valence-corrected chi connectivity index (χ0v) is 16.4. The van der Waals surface area contributed by atoms with E-state index in [0.29, 0.717) is 12.3 Å². The molecule has 0 saturated carbocycles. The van der Waals surface area contributed by atoms with Crippen molar-refractivity contribution in [3.8, 4) is 0 Å². The van der Waals surface area contributed by atoms with E-state index >= 15 is 0 Å². The molecular formula is C16H31N3O10. The Kier molecular flexibility index (Phi) is 18.5. The molecule has 0 spiro atoms. The van der Waals surface area contributed by atoms with E-state index < -0.39 is 48.0 Å². The summed E-state index contributed by atoms with van der Waals surface area (Å²) >= 11 is 0. The van der Waals surface area contributed by atoms with Crippen LogP contribution in [0, 0.1) is 5.92 Å². The lowest BCUT2D eigenvalue weighted by Crippen LogP contribution is -2.31. The van der Waals surface area contributed by atoms with Crippen molar-refractivity contribution >= 4 is 29.8 Å². The van der Waals surface area contributed by atoms with Gasteiger partial charge in [0.05, 0.1) is 0 Å². The Morgan fingerprint density at radius 3 is 1.03 bits per heavy atom. The molecule has 0 amide bonds. The van der Waals surface area contributed by atoms with Gasteiger partial charge in [0.25, 0.3) is 0 Å². The molecule has 0 saturated heterocycles. The fourth-order valence-corrected chi connectivity index (χ4v) is 1.41. The Labute approximate surface area is 167 Å². The van der Waals surface area contributed by atoms with Crippen molar-refractivity contribution in [2.24, 2.45) is 23.1 Å². The van der Waals surface area contributed by atoms with Crippen molar-refractivity contribution in [1.82, 2.24) is 0 Å². The van der Waals surface area contributed by atoms with E-state index in [-0.39, 0.29) is 25.7 Å². The Morgan fingerprint density at radius 1 is 0.621 bits per heavy atom. The highest BCUT2D eigenvalue weighted by Gasteiger charge is 2.13. The van der Waals surface area contributed by atoms with Crippen LogP contribution in [0.5, 0.6) is 0 Å². The molecule has 0 bridgehead atoms. The number of carboxylic acids is 5. The number of rotatable bonds is 11. The van der Waals surface area contributed by atoms with Crippen LogP contribution < -0.4 is 17.2 Å². The molecular weight excluding hydrogens is 394 g/mol. The standard InChI is InChI=1S/C6H13NO2.2C5H9NO4/c1-4(2)3-5(7)6(8)9;2*6-3(5(9)10)1-2-4(7)8/h4-5H,3,7H2,1-2H3,(H,8,9);2*3H,1-2,6H2,(H,7,8)(H,9,10). The molecule has 0 heterocycles. The van der Waals surface area contributed by atoms with Gasteiger partial charge < -0.3 is 42.7 Å². The van der Waals surface area contributed by atoms with E-state index in [2.05, 4.69) is 0 Å². The number of nitrogens with two attached hydrogens (primary N) is 3. The van der Waals surface area contributed by atoms with Gasteiger partial charge in [-0.3, -0.25) is 24.0 Å². The van der Waals surface area contributed by atoms with E-state index in [1.807, 2.05) is 13.8 Å². The molecule has 29 heavy (non-hydrogen) atoms. The summed E-state index contributed by atoms with van der Waals surface area (Å²) in [5.74, 6) is -4.95. The van der Waals surface area contributed by atoms with Gasteiger partial charge in [-0.15, -0.1) is 0 Å². The van der Waals surface area contributed by atoms with Gasteiger partial charge in [0.15, 0.2) is 0 Å². The van der Waals surface area contributed by atoms with Crippen molar-refractivity contribution in [3.63, 3.8) is 0 Å². The smallest absolute Gasteiger partial charge is 0.320 e. The molecule has 3 atom stereocenters. The van der Waals surface area contributed by atoms with Crippen LogP contribution in [0.4, 0.5) is 0 Å². The first-order chi connectivity index (χ1) is 13.1. The van der Waals surface area contributed by atoms with Crippen LogP contribution in [0.15, 0.2) is 0 Å². The third kappa shape index (κ3) is 25.2. The number of aliphatic carboxylic acids is 5. The van der Waals surface area contributed by atoms with Crippen molar-refractivity contribution in [1.29, 1.82) is 0 Å². The molecule has 0 radical (unpaired) electrons. The molecule has 11 N–H and O–H groups in total. The highest BCUT2D eigenvalue weighted by atomic mass is 16.4. The van der Waals surface area contributed by atoms with Crippen LogP contribution in [0.2, 0.25) is 0 Å². The summed E-state index contributed by atoms with van der Waals surface area (Å²) in [4.78, 5) is 49.9. The number of hydrogen-bond donors (Lipinski definition) is 8. The lowest BCUT2D eigenvalue weighted by atomic mass is 10.1. The van der Waals surface area contributed by atoms with Crippen LogP contribution in [-0.2, 0) is 24.0 Å². The molecule has 0 aromatic heterocycles. The van der Waals surface area contributed by atoms with E-state index in [1.54, 1.807) is 0 Å². The van der Waals surface area contributed by atoms with Crippen molar-refractivity contribution in [3.05, 3.63) is 0 Å². The van der Waals surface area contributed by atoms with E-state index in [1.165, 1.54) is 0 Å². The fourth-order valence-electron chi connectivity index (χ4n) is 1.41. The molecule has 170 valence electrons. The lowest BCUT2D eigenvalue weighted by molar-refractivity contribution is -0.141. The molecule has 0 aliphatic carbocycles. The maximum absolute atomic E-state index is 10.1. The Morgan fingerprint density at radius 2 is 0.897 bits per heavy atom. The van der Waals surface area contributed by atoms with E-state index in [0.717, 1.165) is 0 Å². The molecule has 0 fully saturated rings. The van der Waals surface area contributed by atoms with E-state index in [4.69, 9.17) is 42.7 Å². The summed E-state index contributed by atoms with van der Waals surface area (Å²) in [5.41, 5.74) is 15.2. The summed E-state index contributed by atoms with van der Waals surface area (Å²) in [6.45, 7) is 3.89. The second kappa shape index (κ2) is 17.3. The van der Waals surface area contributed by atoms with Crippen LogP contribution >= 0.6 is 0 Å². The topological polar surface area (TPSA) is 265 Å². The van der Waals surface area contributed by atoms with Crippen LogP contribution in [0.25, 0.3) is 0 Å². The summed E-state index contributed by atoms with van der Waals surface area (Å²) in [5, 5.41) is 40.9. The number of carboxylic acid groups (broad SMARTS) is 5. The number of hydrogen-bond acceptors (Lipinski definition) is 8. The van der Waals surface area contributed by atoms with Crippen molar-refractivity contribution in [2.75, 3.05) is 0 Å². The molecule has 0 aliphatic rings. The quantitative estimate of drug-likeness (QED) is 0.197. The minimum atomic E-state index is -1.17. The highest BCUT2D eigenvalue weighted by molar-refractivity contribution is 5.75. The summed E-state index contributed by atoms with van der Waals surface area (Å²) in [7, 11) is 0. The van der Waals surface area contributed by atoms with Gasteiger partial charge in [-0.25, -0.2) is 0 Å². The zero-order valence-electron chi connectivity index (χ0n) is 16.4. The van der Waals surface area contributed by atoms with E-state index in [9.17, 15) is 24.0 Å². The molecule has 0 aromatic rings. The Balaban J connectivity index is -0.000000350. The summed E-state index contributed by atoms with van der Waals surface area (Å²) in [6.07, 6.45) is 0.103. The normalized spacial score (nSPS) is 12.9. The van der Waals surface area contributed by atoms with Gasteiger partial charge in [-0.2, -0.15) is 0 Å². The average Bonchev–Trinajstić information content (AvgIpc) is 2.57. The SMILES string of the molecule is CC(C)CC(N)C(=O)O.NC(CCC(=O)O)C(=O)O.NC(CCC(=O)O)C(=O)O. The zero-order chi connectivity index (χ0) is 23.7. The minimum Gasteiger partial charge on any atom is -0.481 e. The summed E-state index contributed by atoms with van der Waals surface area (Å²) < 4.78 is 0. The van der Waals surface area contributed by atoms with Crippen LogP contribution in [0.3, 0.4) is 0 Å². The molecule has 0 rings (SSSR count). The maximum Gasteiger partial charge on any atom is 0.320 e. The third-order valence-electron chi connectivity index (χ3n) is 3.02. The first-order valence-corrected chi connectivity index (χ1v) is 8.50. The Bertz CT molecular complexity index is 505. The van der Waals surface area contributed by atoms with Gasteiger partial charge in [0, 0.05) is 12.8 Å².